The first-order chi connectivity index (χ1) is 13.5. The highest BCUT2D eigenvalue weighted by Gasteiger charge is 2.53. The summed E-state index contributed by atoms with van der Waals surface area (Å²) in [6, 6.07) is 9.05. The molecule has 0 spiro atoms. The van der Waals surface area contributed by atoms with Gasteiger partial charge in [0.15, 0.2) is 12.4 Å². The van der Waals surface area contributed by atoms with E-state index in [1.807, 2.05) is 24.1 Å². The van der Waals surface area contributed by atoms with Gasteiger partial charge in [0.2, 0.25) is 0 Å². The number of ether oxygens (including phenoxy) is 1. The van der Waals surface area contributed by atoms with Crippen LogP contribution in [0.25, 0.3) is 0 Å². The van der Waals surface area contributed by atoms with Crippen LogP contribution in [0.15, 0.2) is 36.5 Å². The predicted molar refractivity (Wildman–Crippen MR) is 107 cm³/mol. The Morgan fingerprint density at radius 2 is 1.89 bits per heavy atom. The van der Waals surface area contributed by atoms with Gasteiger partial charge in [0.05, 0.1) is 0 Å². The molecule has 4 aliphatic carbocycles. The summed E-state index contributed by atoms with van der Waals surface area (Å²) in [5, 5.41) is 5.09. The van der Waals surface area contributed by atoms with Gasteiger partial charge in [-0.3, -0.25) is 4.79 Å². The molecular formula is C22H26ClN3O2. The van der Waals surface area contributed by atoms with Crippen LogP contribution in [-0.2, 0) is 6.73 Å². The van der Waals surface area contributed by atoms with Gasteiger partial charge < -0.3 is 9.64 Å². The number of halogens is 1. The lowest BCUT2D eigenvalue weighted by Gasteiger charge is -2.59. The average Bonchev–Trinajstić information content (AvgIpc) is 3.13. The van der Waals surface area contributed by atoms with Gasteiger partial charge in [-0.2, -0.15) is 5.10 Å². The molecule has 1 aromatic heterocycles. The Bertz CT molecular complexity index is 858. The summed E-state index contributed by atoms with van der Waals surface area (Å²) in [6.07, 6.45) is 9.41. The minimum absolute atomic E-state index is 0.0310. The molecule has 1 heterocycles. The summed E-state index contributed by atoms with van der Waals surface area (Å²) < 4.78 is 7.37. The third-order valence-corrected chi connectivity index (χ3v) is 7.28. The quantitative estimate of drug-likeness (QED) is 0.737. The number of rotatable bonds is 5. The Kier molecular flexibility index (Phi) is 4.38. The summed E-state index contributed by atoms with van der Waals surface area (Å²) in [5.74, 6) is 3.14. The molecule has 5 nitrogen and oxygen atoms in total. The molecule has 0 N–H and O–H groups in total. The smallest absolute Gasteiger partial charge is 0.274 e. The zero-order valence-corrected chi connectivity index (χ0v) is 16.9. The largest absolute Gasteiger partial charge is 0.471 e. The number of aromatic nitrogens is 2. The Morgan fingerprint density at radius 3 is 2.54 bits per heavy atom. The number of amides is 1. The van der Waals surface area contributed by atoms with Crippen LogP contribution in [0.3, 0.4) is 0 Å². The molecule has 0 aliphatic heterocycles. The lowest BCUT2D eigenvalue weighted by atomic mass is 9.52. The van der Waals surface area contributed by atoms with Crippen LogP contribution in [-0.4, -0.2) is 33.2 Å². The molecule has 4 fully saturated rings. The van der Waals surface area contributed by atoms with Crippen LogP contribution in [0, 0.1) is 17.8 Å². The highest BCUT2D eigenvalue weighted by Crippen LogP contribution is 2.57. The molecule has 0 saturated heterocycles. The van der Waals surface area contributed by atoms with Gasteiger partial charge in [0, 0.05) is 23.8 Å². The maximum absolute atomic E-state index is 13.2. The SMILES string of the molecule is CN(C(=O)c1ccn(COc2cccc(Cl)c2)n1)C12CC3CC(CC(C3)C1)C2. The van der Waals surface area contributed by atoms with Gasteiger partial charge in [0.1, 0.15) is 5.75 Å². The predicted octanol–water partition coefficient (Wildman–Crippen LogP) is 4.61. The molecule has 148 valence electrons. The number of benzene rings is 1. The molecule has 6 rings (SSSR count). The van der Waals surface area contributed by atoms with Crippen molar-refractivity contribution in [2.24, 2.45) is 17.8 Å². The third kappa shape index (κ3) is 3.20. The molecule has 4 aliphatic rings. The lowest BCUT2D eigenvalue weighted by Crippen LogP contribution is -2.60. The van der Waals surface area contributed by atoms with Crippen LogP contribution >= 0.6 is 11.6 Å². The molecule has 2 aromatic rings. The molecule has 28 heavy (non-hydrogen) atoms. The molecule has 6 heteroatoms. The van der Waals surface area contributed by atoms with Gasteiger partial charge in [-0.15, -0.1) is 0 Å². The molecule has 4 bridgehead atoms. The first kappa shape index (κ1) is 18.0. The minimum atomic E-state index is 0.0310. The maximum atomic E-state index is 13.2. The summed E-state index contributed by atoms with van der Waals surface area (Å²) >= 11 is 5.98. The van der Waals surface area contributed by atoms with Crippen LogP contribution in [0.4, 0.5) is 0 Å². The Balaban J connectivity index is 1.27. The first-order valence-corrected chi connectivity index (χ1v) is 10.6. The van der Waals surface area contributed by atoms with E-state index in [1.54, 1.807) is 29.1 Å². The van der Waals surface area contributed by atoms with E-state index in [1.165, 1.54) is 38.5 Å². The zero-order chi connectivity index (χ0) is 19.3. The van der Waals surface area contributed by atoms with Crippen molar-refractivity contribution >= 4 is 17.5 Å². The van der Waals surface area contributed by atoms with Crippen molar-refractivity contribution in [2.75, 3.05) is 7.05 Å². The fourth-order valence-electron chi connectivity index (χ4n) is 6.11. The second-order valence-corrected chi connectivity index (χ2v) is 9.41. The van der Waals surface area contributed by atoms with E-state index in [9.17, 15) is 4.79 Å². The number of nitrogens with zero attached hydrogens (tertiary/aromatic N) is 3. The zero-order valence-electron chi connectivity index (χ0n) is 16.2. The van der Waals surface area contributed by atoms with E-state index < -0.39 is 0 Å². The summed E-state index contributed by atoms with van der Waals surface area (Å²) in [7, 11) is 1.98. The standard InChI is InChI=1S/C22H26ClN3O2/c1-25(22-11-15-7-16(12-22)9-17(8-15)13-22)21(27)20-5-6-26(24-20)14-28-19-4-2-3-18(23)10-19/h2-6,10,15-17H,7-9,11-14H2,1H3. The second kappa shape index (κ2) is 6.80. The average molecular weight is 400 g/mol. The van der Waals surface area contributed by atoms with Gasteiger partial charge in [-0.1, -0.05) is 17.7 Å². The molecule has 0 atom stereocenters. The van der Waals surface area contributed by atoms with E-state index in [0.29, 0.717) is 16.5 Å². The van der Waals surface area contributed by atoms with Crippen molar-refractivity contribution in [3.05, 3.63) is 47.2 Å². The summed E-state index contributed by atoms with van der Waals surface area (Å²) in [4.78, 5) is 15.2. The Labute approximate surface area is 170 Å². The lowest BCUT2D eigenvalue weighted by molar-refractivity contribution is -0.0667. The van der Waals surface area contributed by atoms with Gasteiger partial charge in [-0.25, -0.2) is 4.68 Å². The maximum Gasteiger partial charge on any atom is 0.274 e. The van der Waals surface area contributed by atoms with E-state index in [-0.39, 0.29) is 18.2 Å². The topological polar surface area (TPSA) is 47.4 Å². The Morgan fingerprint density at radius 1 is 1.21 bits per heavy atom. The number of hydrogen-bond donors (Lipinski definition) is 0. The van der Waals surface area contributed by atoms with Crippen LogP contribution < -0.4 is 4.74 Å². The fourth-order valence-corrected chi connectivity index (χ4v) is 6.29. The van der Waals surface area contributed by atoms with Crippen molar-refractivity contribution in [1.82, 2.24) is 14.7 Å². The number of hydrogen-bond acceptors (Lipinski definition) is 3. The summed E-state index contributed by atoms with van der Waals surface area (Å²) in [5.41, 5.74) is 0.542. The van der Waals surface area contributed by atoms with Crippen LogP contribution in [0.5, 0.6) is 5.75 Å². The third-order valence-electron chi connectivity index (χ3n) is 7.04. The highest BCUT2D eigenvalue weighted by atomic mass is 35.5. The monoisotopic (exact) mass is 399 g/mol. The minimum Gasteiger partial charge on any atom is -0.471 e. The normalized spacial score (nSPS) is 30.4. The fraction of sp³-hybridized carbons (Fsp3) is 0.545. The van der Waals surface area contributed by atoms with E-state index in [4.69, 9.17) is 16.3 Å². The number of carbonyl (C=O) groups excluding carboxylic acids is 1. The molecule has 4 saturated carbocycles. The molecular weight excluding hydrogens is 374 g/mol. The van der Waals surface area contributed by atoms with Crippen molar-refractivity contribution in [2.45, 2.75) is 50.8 Å². The van der Waals surface area contributed by atoms with Crippen molar-refractivity contribution in [3.63, 3.8) is 0 Å². The van der Waals surface area contributed by atoms with E-state index in [0.717, 1.165) is 17.8 Å². The second-order valence-electron chi connectivity index (χ2n) is 8.98. The van der Waals surface area contributed by atoms with Gasteiger partial charge in [0.25, 0.3) is 5.91 Å². The molecule has 0 unspecified atom stereocenters. The van der Waals surface area contributed by atoms with E-state index in [2.05, 4.69) is 5.10 Å². The van der Waals surface area contributed by atoms with Crippen molar-refractivity contribution in [1.29, 1.82) is 0 Å². The Hall–Kier alpha value is -2.01. The number of carbonyl (C=O) groups is 1. The van der Waals surface area contributed by atoms with Crippen LogP contribution in [0.2, 0.25) is 5.02 Å². The molecule has 1 amide bonds. The highest BCUT2D eigenvalue weighted by molar-refractivity contribution is 6.30. The van der Waals surface area contributed by atoms with Gasteiger partial charge >= 0.3 is 0 Å². The van der Waals surface area contributed by atoms with Crippen LogP contribution in [0.1, 0.15) is 49.0 Å². The molecule has 1 aromatic carbocycles. The molecule has 0 radical (unpaired) electrons. The van der Waals surface area contributed by atoms with Gasteiger partial charge in [-0.05, 0) is 80.5 Å². The van der Waals surface area contributed by atoms with Crippen molar-refractivity contribution < 1.29 is 9.53 Å². The van der Waals surface area contributed by atoms with E-state index >= 15 is 0 Å². The summed E-state index contributed by atoms with van der Waals surface area (Å²) in [6.45, 7) is 0.245. The van der Waals surface area contributed by atoms with Crippen molar-refractivity contribution in [3.8, 4) is 5.75 Å². The first-order valence-electron chi connectivity index (χ1n) is 10.2.